The van der Waals surface area contributed by atoms with Crippen molar-refractivity contribution < 1.29 is 9.52 Å². The average molecular weight is 384 g/mol. The van der Waals surface area contributed by atoms with E-state index in [9.17, 15) is 5.11 Å². The van der Waals surface area contributed by atoms with E-state index in [-0.39, 0.29) is 15.8 Å². The number of phenols is 1. The highest BCUT2D eigenvalue weighted by Gasteiger charge is 2.07. The first kappa shape index (κ1) is 12.9. The molecular weight excluding hydrogens is 376 g/mol. The molecule has 2 aromatic rings. The van der Waals surface area contributed by atoms with Crippen LogP contribution in [-0.4, -0.2) is 5.11 Å². The van der Waals surface area contributed by atoms with Gasteiger partial charge in [0.2, 0.25) is 0 Å². The molecule has 0 bridgehead atoms. The summed E-state index contributed by atoms with van der Waals surface area (Å²) in [7, 11) is 0. The predicted octanol–water partition coefficient (Wildman–Crippen LogP) is 4.51. The van der Waals surface area contributed by atoms with E-state index in [0.29, 0.717) is 6.54 Å². The summed E-state index contributed by atoms with van der Waals surface area (Å²) in [4.78, 5) is 0. The van der Waals surface area contributed by atoms with E-state index in [0.717, 1.165) is 15.2 Å². The quantitative estimate of drug-likeness (QED) is 0.605. The van der Waals surface area contributed by atoms with E-state index >= 15 is 0 Å². The minimum absolute atomic E-state index is 0.105. The zero-order chi connectivity index (χ0) is 12.4. The van der Waals surface area contributed by atoms with Gasteiger partial charge in [0.15, 0.2) is 9.52 Å². The maximum atomic E-state index is 9.41. The first-order chi connectivity index (χ1) is 8.06. The smallest absolute Gasteiger partial charge is 0.164 e. The molecule has 0 saturated carbocycles. The molecule has 0 saturated heterocycles. The summed E-state index contributed by atoms with van der Waals surface area (Å²) in [5, 5.41) is 12.9. The molecule has 1 aromatic carbocycles. The van der Waals surface area contributed by atoms with Crippen molar-refractivity contribution in [1.82, 2.24) is 0 Å². The van der Waals surface area contributed by atoms with Gasteiger partial charge in [0, 0.05) is 5.69 Å². The van der Waals surface area contributed by atoms with Crippen molar-refractivity contribution in [3.05, 3.63) is 43.8 Å². The molecule has 0 aliphatic rings. The van der Waals surface area contributed by atoms with Gasteiger partial charge in [0.25, 0.3) is 0 Å². The van der Waals surface area contributed by atoms with Gasteiger partial charge in [-0.3, -0.25) is 0 Å². The number of halogens is 3. The normalized spacial score (nSPS) is 10.5. The van der Waals surface area contributed by atoms with E-state index in [1.807, 2.05) is 12.1 Å². The second-order valence-electron chi connectivity index (χ2n) is 3.35. The van der Waals surface area contributed by atoms with Crippen LogP contribution in [0.2, 0.25) is 10.0 Å². The Morgan fingerprint density at radius 2 is 1.88 bits per heavy atom. The molecule has 0 aliphatic heterocycles. The Hall–Kier alpha value is -0.590. The number of nitrogens with one attached hydrogen (secondary N) is 1. The molecule has 2 rings (SSSR count). The molecular formula is C11H8Cl2INO2. The molecule has 0 fully saturated rings. The molecule has 0 radical (unpaired) electrons. The summed E-state index contributed by atoms with van der Waals surface area (Å²) in [6.45, 7) is 0.528. The summed E-state index contributed by atoms with van der Waals surface area (Å²) >= 11 is 13.7. The lowest BCUT2D eigenvalue weighted by Crippen LogP contribution is -1.98. The number of anilines is 1. The van der Waals surface area contributed by atoms with Crippen LogP contribution in [0.25, 0.3) is 0 Å². The van der Waals surface area contributed by atoms with Crippen LogP contribution in [0.5, 0.6) is 5.75 Å². The molecule has 3 nitrogen and oxygen atoms in total. The van der Waals surface area contributed by atoms with Crippen LogP contribution >= 0.6 is 45.8 Å². The molecule has 1 heterocycles. The van der Waals surface area contributed by atoms with Gasteiger partial charge in [0.1, 0.15) is 5.76 Å². The molecule has 6 heteroatoms. The van der Waals surface area contributed by atoms with Crippen LogP contribution in [0.1, 0.15) is 5.76 Å². The molecule has 1 aromatic heterocycles. The Bertz CT molecular complexity index is 519. The fourth-order valence-electron chi connectivity index (χ4n) is 1.30. The van der Waals surface area contributed by atoms with Gasteiger partial charge in [-0.1, -0.05) is 23.2 Å². The third-order valence-electron chi connectivity index (χ3n) is 2.11. The molecule has 0 amide bonds. The minimum Gasteiger partial charge on any atom is -0.505 e. The predicted molar refractivity (Wildman–Crippen MR) is 76.9 cm³/mol. The van der Waals surface area contributed by atoms with E-state index in [4.69, 9.17) is 27.6 Å². The topological polar surface area (TPSA) is 45.4 Å². The van der Waals surface area contributed by atoms with Crippen LogP contribution in [0.3, 0.4) is 0 Å². The van der Waals surface area contributed by atoms with Crippen LogP contribution in [0, 0.1) is 3.77 Å². The maximum Gasteiger partial charge on any atom is 0.164 e. The van der Waals surface area contributed by atoms with Gasteiger partial charge < -0.3 is 14.8 Å². The number of rotatable bonds is 3. The van der Waals surface area contributed by atoms with Crippen molar-refractivity contribution >= 4 is 51.5 Å². The Labute approximate surface area is 122 Å². The fourth-order valence-corrected chi connectivity index (χ4v) is 2.25. The molecule has 0 atom stereocenters. The van der Waals surface area contributed by atoms with Gasteiger partial charge in [-0.15, -0.1) is 0 Å². The third-order valence-corrected chi connectivity index (χ3v) is 3.27. The lowest BCUT2D eigenvalue weighted by Gasteiger charge is -2.07. The summed E-state index contributed by atoms with van der Waals surface area (Å²) in [6, 6.07) is 6.99. The lowest BCUT2D eigenvalue weighted by molar-refractivity contribution is 0.476. The second-order valence-corrected chi connectivity index (χ2v) is 5.23. The minimum atomic E-state index is -0.105. The number of benzene rings is 1. The summed E-state index contributed by atoms with van der Waals surface area (Å²) < 4.78 is 6.23. The van der Waals surface area contributed by atoms with E-state index in [1.165, 1.54) is 0 Å². The van der Waals surface area contributed by atoms with Crippen LogP contribution < -0.4 is 5.32 Å². The number of phenolic OH excluding ortho intramolecular Hbond substituents is 1. The average Bonchev–Trinajstić information content (AvgIpc) is 2.69. The highest BCUT2D eigenvalue weighted by molar-refractivity contribution is 14.1. The van der Waals surface area contributed by atoms with Crippen molar-refractivity contribution in [2.24, 2.45) is 0 Å². The van der Waals surface area contributed by atoms with Crippen LogP contribution in [0.4, 0.5) is 5.69 Å². The van der Waals surface area contributed by atoms with Crippen molar-refractivity contribution in [3.63, 3.8) is 0 Å². The highest BCUT2D eigenvalue weighted by atomic mass is 127. The molecule has 90 valence electrons. The van der Waals surface area contributed by atoms with Gasteiger partial charge in [-0.25, -0.2) is 0 Å². The molecule has 17 heavy (non-hydrogen) atoms. The molecule has 0 unspecified atom stereocenters. The first-order valence-corrected chi connectivity index (χ1v) is 6.56. The Morgan fingerprint density at radius 1 is 1.24 bits per heavy atom. The van der Waals surface area contributed by atoms with Crippen molar-refractivity contribution in [2.75, 3.05) is 5.32 Å². The lowest BCUT2D eigenvalue weighted by atomic mass is 10.3. The monoisotopic (exact) mass is 383 g/mol. The number of hydrogen-bond acceptors (Lipinski definition) is 3. The Morgan fingerprint density at radius 3 is 2.41 bits per heavy atom. The van der Waals surface area contributed by atoms with Gasteiger partial charge in [0.05, 0.1) is 16.6 Å². The highest BCUT2D eigenvalue weighted by Crippen LogP contribution is 2.34. The van der Waals surface area contributed by atoms with Crippen LogP contribution in [0.15, 0.2) is 28.7 Å². The fraction of sp³-hybridized carbons (Fsp3) is 0.0909. The van der Waals surface area contributed by atoms with Crippen molar-refractivity contribution in [3.8, 4) is 5.75 Å². The summed E-state index contributed by atoms with van der Waals surface area (Å²) in [6.07, 6.45) is 0. The Balaban J connectivity index is 2.09. The Kier molecular flexibility index (Phi) is 4.06. The van der Waals surface area contributed by atoms with Crippen LogP contribution in [-0.2, 0) is 6.54 Å². The van der Waals surface area contributed by atoms with E-state index in [2.05, 4.69) is 27.9 Å². The van der Waals surface area contributed by atoms with Gasteiger partial charge in [-0.05, 0) is 46.9 Å². The van der Waals surface area contributed by atoms with Gasteiger partial charge >= 0.3 is 0 Å². The maximum absolute atomic E-state index is 9.41. The third kappa shape index (κ3) is 3.20. The number of hydrogen-bond donors (Lipinski definition) is 2. The summed E-state index contributed by atoms with van der Waals surface area (Å²) in [5.41, 5.74) is 0.726. The van der Waals surface area contributed by atoms with Gasteiger partial charge in [-0.2, -0.15) is 0 Å². The first-order valence-electron chi connectivity index (χ1n) is 4.72. The standard InChI is InChI=1S/C11H8Cl2INO2/c12-8-3-6(4-9(13)11(8)16)15-5-7-1-2-10(14)17-7/h1-4,15-16H,5H2. The van der Waals surface area contributed by atoms with Crippen molar-refractivity contribution in [1.29, 1.82) is 0 Å². The zero-order valence-corrected chi connectivity index (χ0v) is 12.2. The SMILES string of the molecule is Oc1c(Cl)cc(NCc2ccc(I)o2)cc1Cl. The largest absolute Gasteiger partial charge is 0.505 e. The molecule has 0 aliphatic carbocycles. The van der Waals surface area contributed by atoms with Crippen molar-refractivity contribution in [2.45, 2.75) is 6.54 Å². The summed E-state index contributed by atoms with van der Waals surface area (Å²) in [5.74, 6) is 0.709. The number of aromatic hydroxyl groups is 1. The van der Waals surface area contributed by atoms with E-state index in [1.54, 1.807) is 12.1 Å². The zero-order valence-electron chi connectivity index (χ0n) is 8.51. The molecule has 2 N–H and O–H groups in total. The molecule has 0 spiro atoms. The van der Waals surface area contributed by atoms with E-state index < -0.39 is 0 Å². The number of furan rings is 1. The second kappa shape index (κ2) is 5.37.